The Morgan fingerprint density at radius 2 is 1.79 bits per heavy atom. The maximum absolute atomic E-state index is 13.3. The van der Waals surface area contributed by atoms with E-state index in [0.717, 1.165) is 11.4 Å². The molecule has 11 heteroatoms. The van der Waals surface area contributed by atoms with E-state index in [0.29, 0.717) is 47.1 Å². The number of benzene rings is 3. The van der Waals surface area contributed by atoms with Crippen molar-refractivity contribution in [3.05, 3.63) is 88.0 Å². The van der Waals surface area contributed by atoms with E-state index >= 15 is 0 Å². The van der Waals surface area contributed by atoms with Gasteiger partial charge in [0.25, 0.3) is 15.9 Å². The molecule has 5 rings (SSSR count). The van der Waals surface area contributed by atoms with Gasteiger partial charge in [-0.1, -0.05) is 45.7 Å². The van der Waals surface area contributed by atoms with Crippen LogP contribution < -0.4 is 14.4 Å². The fourth-order valence-corrected chi connectivity index (χ4v) is 6.68. The van der Waals surface area contributed by atoms with E-state index in [-0.39, 0.29) is 21.5 Å². The van der Waals surface area contributed by atoms with Crippen LogP contribution in [0.1, 0.15) is 10.4 Å². The Balaban J connectivity index is 1.31. The molecule has 0 bridgehead atoms. The molecule has 1 aromatic heterocycles. The lowest BCUT2D eigenvalue weighted by Crippen LogP contribution is -2.48. The molecule has 1 fully saturated rings. The number of nitrogens with one attached hydrogen (secondary N) is 1. The molecule has 1 aliphatic heterocycles. The fourth-order valence-electron chi connectivity index (χ4n) is 4.48. The lowest BCUT2D eigenvalue weighted by atomic mass is 10.1. The Kier molecular flexibility index (Phi) is 7.47. The summed E-state index contributed by atoms with van der Waals surface area (Å²) in [5.41, 5.74) is 1.90. The van der Waals surface area contributed by atoms with Crippen molar-refractivity contribution >= 4 is 65.7 Å². The predicted octanol–water partition coefficient (Wildman–Crippen LogP) is 5.42. The Morgan fingerprint density at radius 1 is 1.03 bits per heavy atom. The lowest BCUT2D eigenvalue weighted by Gasteiger charge is -2.36. The number of hydrogen-bond donors (Lipinski definition) is 1. The maximum atomic E-state index is 13.3. The number of fused-ring (bicyclic) bond motifs is 1. The third-order valence-corrected chi connectivity index (χ3v) is 8.53. The number of carbonyl (C=O) groups excluding carboxylic acids is 1. The summed E-state index contributed by atoms with van der Waals surface area (Å²) in [4.78, 5) is 21.4. The van der Waals surface area contributed by atoms with Crippen LogP contribution in [0.3, 0.4) is 0 Å². The first-order chi connectivity index (χ1) is 18.3. The van der Waals surface area contributed by atoms with Crippen molar-refractivity contribution in [2.45, 2.75) is 4.90 Å². The number of ether oxygens (including phenoxy) is 1. The van der Waals surface area contributed by atoms with E-state index in [4.69, 9.17) is 16.3 Å². The third kappa shape index (κ3) is 5.29. The normalized spacial score (nSPS) is 14.0. The summed E-state index contributed by atoms with van der Waals surface area (Å²) in [6.07, 6.45) is 1.54. The molecule has 3 aromatic carbocycles. The van der Waals surface area contributed by atoms with Gasteiger partial charge in [-0.25, -0.2) is 8.42 Å². The predicted molar refractivity (Wildman–Crippen MR) is 153 cm³/mol. The Hall–Kier alpha value is -3.34. The van der Waals surface area contributed by atoms with Gasteiger partial charge in [0.15, 0.2) is 0 Å². The number of hydrogen-bond acceptors (Lipinski definition) is 6. The number of carbonyl (C=O) groups is 1. The summed E-state index contributed by atoms with van der Waals surface area (Å²) in [6, 6.07) is 19.2. The molecule has 0 saturated carbocycles. The number of sulfonamides is 1. The standard InChI is InChI=1S/C27H24BrClN4O4S/c1-37-24-7-3-2-6-23(24)32-11-13-33(14-12-32)27(34)19-8-9-22(21(29)16-19)31-38(35,36)25-17-20(28)15-18-5-4-10-30-26(18)25/h2-10,15-17,31H,11-14H2,1H3. The number of aromatic nitrogens is 1. The highest BCUT2D eigenvalue weighted by molar-refractivity contribution is 9.10. The maximum Gasteiger partial charge on any atom is 0.264 e. The van der Waals surface area contributed by atoms with Crippen molar-refractivity contribution in [1.82, 2.24) is 9.88 Å². The van der Waals surface area contributed by atoms with E-state index in [9.17, 15) is 13.2 Å². The molecule has 1 saturated heterocycles. The van der Waals surface area contributed by atoms with Gasteiger partial charge in [-0.2, -0.15) is 0 Å². The van der Waals surface area contributed by atoms with Gasteiger partial charge in [0.05, 0.1) is 29.0 Å². The minimum Gasteiger partial charge on any atom is -0.495 e. The number of para-hydroxylation sites is 2. The molecular formula is C27H24BrClN4O4S. The Labute approximate surface area is 234 Å². The van der Waals surface area contributed by atoms with Gasteiger partial charge in [0, 0.05) is 47.8 Å². The van der Waals surface area contributed by atoms with Crippen LogP contribution in [0.15, 0.2) is 82.3 Å². The molecule has 8 nitrogen and oxygen atoms in total. The first kappa shape index (κ1) is 26.3. The minimum atomic E-state index is -4.01. The van der Waals surface area contributed by atoms with Gasteiger partial charge in [0.1, 0.15) is 10.6 Å². The van der Waals surface area contributed by atoms with Crippen molar-refractivity contribution in [3.8, 4) is 5.75 Å². The zero-order valence-corrected chi connectivity index (χ0v) is 23.6. The van der Waals surface area contributed by atoms with Crippen molar-refractivity contribution in [2.75, 3.05) is 42.9 Å². The van der Waals surface area contributed by atoms with Gasteiger partial charge in [-0.3, -0.25) is 14.5 Å². The van der Waals surface area contributed by atoms with Crippen molar-refractivity contribution < 1.29 is 17.9 Å². The van der Waals surface area contributed by atoms with Crippen LogP contribution in [0.4, 0.5) is 11.4 Å². The van der Waals surface area contributed by atoms with Crippen LogP contribution in [0.5, 0.6) is 5.75 Å². The van der Waals surface area contributed by atoms with Crippen LogP contribution in [0.25, 0.3) is 10.9 Å². The Morgan fingerprint density at radius 3 is 2.53 bits per heavy atom. The van der Waals surface area contributed by atoms with Gasteiger partial charge in [-0.15, -0.1) is 0 Å². The van der Waals surface area contributed by atoms with E-state index in [1.165, 1.54) is 18.2 Å². The quantitative estimate of drug-likeness (QED) is 0.311. The van der Waals surface area contributed by atoms with Crippen molar-refractivity contribution in [1.29, 1.82) is 0 Å². The molecule has 1 aliphatic rings. The topological polar surface area (TPSA) is 91.8 Å². The highest BCUT2D eigenvalue weighted by Crippen LogP contribution is 2.31. The monoisotopic (exact) mass is 614 g/mol. The van der Waals surface area contributed by atoms with Crippen LogP contribution in [-0.4, -0.2) is 57.5 Å². The highest BCUT2D eigenvalue weighted by atomic mass is 79.9. The zero-order chi connectivity index (χ0) is 26.9. The molecule has 0 radical (unpaired) electrons. The number of nitrogens with zero attached hydrogens (tertiary/aromatic N) is 3. The second-order valence-electron chi connectivity index (χ2n) is 8.73. The smallest absolute Gasteiger partial charge is 0.264 e. The molecule has 1 N–H and O–H groups in total. The van der Waals surface area contributed by atoms with E-state index in [1.54, 1.807) is 42.5 Å². The summed E-state index contributed by atoms with van der Waals surface area (Å²) < 4.78 is 35.1. The largest absolute Gasteiger partial charge is 0.495 e. The molecule has 0 spiro atoms. The number of anilines is 2. The molecule has 38 heavy (non-hydrogen) atoms. The molecule has 0 aliphatic carbocycles. The highest BCUT2D eigenvalue weighted by Gasteiger charge is 2.25. The third-order valence-electron chi connectivity index (χ3n) is 6.38. The SMILES string of the molecule is COc1ccccc1N1CCN(C(=O)c2ccc(NS(=O)(=O)c3cc(Br)cc4cccnc34)c(Cl)c2)CC1. The summed E-state index contributed by atoms with van der Waals surface area (Å²) in [5.74, 6) is 0.631. The van der Waals surface area contributed by atoms with E-state index < -0.39 is 10.0 Å². The molecule has 2 heterocycles. The van der Waals surface area contributed by atoms with Crippen molar-refractivity contribution in [2.24, 2.45) is 0 Å². The molecule has 196 valence electrons. The van der Waals surface area contributed by atoms with Gasteiger partial charge < -0.3 is 14.5 Å². The number of halogens is 2. The summed E-state index contributed by atoms with van der Waals surface area (Å²) >= 11 is 9.81. The number of piperazine rings is 1. The lowest BCUT2D eigenvalue weighted by molar-refractivity contribution is 0.0746. The second kappa shape index (κ2) is 10.8. The van der Waals surface area contributed by atoms with Crippen LogP contribution in [-0.2, 0) is 10.0 Å². The molecule has 1 amide bonds. The molecular weight excluding hydrogens is 592 g/mol. The number of pyridine rings is 1. The summed E-state index contributed by atoms with van der Waals surface area (Å²) in [6.45, 7) is 2.39. The van der Waals surface area contributed by atoms with Gasteiger partial charge >= 0.3 is 0 Å². The van der Waals surface area contributed by atoms with E-state index in [1.807, 2.05) is 24.3 Å². The average Bonchev–Trinajstić information content (AvgIpc) is 2.93. The second-order valence-corrected chi connectivity index (χ2v) is 11.7. The molecule has 0 atom stereocenters. The first-order valence-corrected chi connectivity index (χ1v) is 14.5. The first-order valence-electron chi connectivity index (χ1n) is 11.8. The van der Waals surface area contributed by atoms with Crippen LogP contribution in [0.2, 0.25) is 5.02 Å². The van der Waals surface area contributed by atoms with E-state index in [2.05, 4.69) is 30.5 Å². The van der Waals surface area contributed by atoms with Crippen LogP contribution in [0, 0.1) is 0 Å². The number of methoxy groups -OCH3 is 1. The molecule has 4 aromatic rings. The van der Waals surface area contributed by atoms with Gasteiger partial charge in [-0.05, 0) is 48.5 Å². The van der Waals surface area contributed by atoms with Gasteiger partial charge in [0.2, 0.25) is 0 Å². The average molecular weight is 616 g/mol. The zero-order valence-electron chi connectivity index (χ0n) is 20.4. The number of rotatable bonds is 6. The molecule has 0 unspecified atom stereocenters. The fraction of sp³-hybridized carbons (Fsp3) is 0.185. The summed E-state index contributed by atoms with van der Waals surface area (Å²) in [5, 5.41) is 0.805. The number of amides is 1. The summed E-state index contributed by atoms with van der Waals surface area (Å²) in [7, 11) is -2.37. The minimum absolute atomic E-state index is 0.0200. The van der Waals surface area contributed by atoms with Crippen molar-refractivity contribution in [3.63, 3.8) is 0 Å². The Bertz CT molecular complexity index is 1620. The van der Waals surface area contributed by atoms with Crippen LogP contribution >= 0.6 is 27.5 Å².